The molecule has 0 fully saturated rings. The van der Waals surface area contributed by atoms with Crippen LogP contribution in [0, 0.1) is 5.92 Å². The number of nitrogens with zero attached hydrogens (tertiary/aromatic N) is 2. The molecule has 4 heteroatoms. The zero-order valence-corrected chi connectivity index (χ0v) is 8.45. The predicted octanol–water partition coefficient (Wildman–Crippen LogP) is 1.25. The maximum atomic E-state index is 4.63. The van der Waals surface area contributed by atoms with Crippen molar-refractivity contribution in [3.05, 3.63) is 12.2 Å². The van der Waals surface area contributed by atoms with Crippen LogP contribution in [0.3, 0.4) is 0 Å². The van der Waals surface area contributed by atoms with Crippen LogP contribution in [0.5, 0.6) is 0 Å². The summed E-state index contributed by atoms with van der Waals surface area (Å²) in [6, 6.07) is 0.534. The van der Waals surface area contributed by atoms with Gasteiger partial charge in [-0.3, -0.25) is 0 Å². The molecule has 0 amide bonds. The van der Waals surface area contributed by atoms with Crippen molar-refractivity contribution in [2.75, 3.05) is 6.54 Å². The molecular formula is C9H17N3O. The van der Waals surface area contributed by atoms with Crippen LogP contribution >= 0.6 is 0 Å². The van der Waals surface area contributed by atoms with Crippen LogP contribution in [-0.2, 0) is 6.42 Å². The summed E-state index contributed by atoms with van der Waals surface area (Å²) in [5, 5.41) is 7.13. The quantitative estimate of drug-likeness (QED) is 0.746. The molecule has 1 unspecified atom stereocenters. The second-order valence-corrected chi connectivity index (χ2v) is 3.58. The van der Waals surface area contributed by atoms with E-state index in [0.717, 1.165) is 18.8 Å². The fraction of sp³-hybridized carbons (Fsp3) is 0.778. The highest BCUT2D eigenvalue weighted by Gasteiger charge is 2.05. The van der Waals surface area contributed by atoms with Gasteiger partial charge in [0.15, 0.2) is 5.82 Å². The van der Waals surface area contributed by atoms with E-state index in [9.17, 15) is 0 Å². The second kappa shape index (κ2) is 4.97. The van der Waals surface area contributed by atoms with E-state index >= 15 is 0 Å². The average Bonchev–Trinajstić information content (AvgIpc) is 2.56. The van der Waals surface area contributed by atoms with Gasteiger partial charge in [-0.25, -0.2) is 0 Å². The van der Waals surface area contributed by atoms with E-state index in [1.54, 1.807) is 0 Å². The van der Waals surface area contributed by atoms with Crippen molar-refractivity contribution in [1.29, 1.82) is 0 Å². The second-order valence-electron chi connectivity index (χ2n) is 3.58. The van der Waals surface area contributed by atoms with Crippen molar-refractivity contribution >= 4 is 0 Å². The van der Waals surface area contributed by atoms with Gasteiger partial charge in [-0.1, -0.05) is 19.0 Å². The zero-order valence-electron chi connectivity index (χ0n) is 8.45. The molecule has 1 atom stereocenters. The van der Waals surface area contributed by atoms with Crippen LogP contribution in [0.2, 0.25) is 0 Å². The third-order valence-corrected chi connectivity index (χ3v) is 2.22. The van der Waals surface area contributed by atoms with Crippen molar-refractivity contribution < 1.29 is 4.52 Å². The largest absolute Gasteiger partial charge is 0.343 e. The van der Waals surface area contributed by atoms with Crippen LogP contribution in [0.1, 0.15) is 26.6 Å². The average molecular weight is 183 g/mol. The summed E-state index contributed by atoms with van der Waals surface area (Å²) in [6.07, 6.45) is 2.19. The molecule has 1 rings (SSSR count). The minimum atomic E-state index is 0.534. The van der Waals surface area contributed by atoms with Crippen LogP contribution in [0.15, 0.2) is 10.9 Å². The molecule has 1 heterocycles. The van der Waals surface area contributed by atoms with Crippen LogP contribution in [0.4, 0.5) is 0 Å². The number of rotatable bonds is 5. The third kappa shape index (κ3) is 3.55. The topological polar surface area (TPSA) is 51.0 Å². The Balaban J connectivity index is 2.14. The summed E-state index contributed by atoms with van der Waals surface area (Å²) in [5.41, 5.74) is 0. The minimum absolute atomic E-state index is 0.534. The maximum absolute atomic E-state index is 4.63. The summed E-state index contributed by atoms with van der Waals surface area (Å²) in [6.45, 7) is 7.48. The first-order valence-electron chi connectivity index (χ1n) is 4.68. The number of aromatic nitrogens is 2. The van der Waals surface area contributed by atoms with E-state index in [2.05, 4.69) is 40.8 Å². The molecule has 0 aliphatic rings. The predicted molar refractivity (Wildman–Crippen MR) is 50.3 cm³/mol. The minimum Gasteiger partial charge on any atom is -0.343 e. The highest BCUT2D eigenvalue weighted by atomic mass is 16.5. The van der Waals surface area contributed by atoms with Gasteiger partial charge in [0.05, 0.1) is 0 Å². The van der Waals surface area contributed by atoms with Gasteiger partial charge in [0.2, 0.25) is 6.39 Å². The summed E-state index contributed by atoms with van der Waals surface area (Å²) >= 11 is 0. The van der Waals surface area contributed by atoms with Gasteiger partial charge < -0.3 is 9.84 Å². The summed E-state index contributed by atoms with van der Waals surface area (Å²) in [5.74, 6) is 1.42. The van der Waals surface area contributed by atoms with E-state index in [4.69, 9.17) is 0 Å². The standard InChI is InChI=1S/C9H17N3O/c1-7(2)8(3)10-5-4-9-11-6-13-12-9/h6-8,10H,4-5H2,1-3H3. The van der Waals surface area contributed by atoms with Gasteiger partial charge in [0.25, 0.3) is 0 Å². The summed E-state index contributed by atoms with van der Waals surface area (Å²) in [4.78, 5) is 3.94. The Hall–Kier alpha value is -0.900. The molecule has 0 aliphatic carbocycles. The first-order valence-corrected chi connectivity index (χ1v) is 4.68. The monoisotopic (exact) mass is 183 g/mol. The molecule has 0 saturated carbocycles. The molecule has 4 nitrogen and oxygen atoms in total. The highest BCUT2D eigenvalue weighted by Crippen LogP contribution is 1.99. The van der Waals surface area contributed by atoms with E-state index in [1.165, 1.54) is 6.39 Å². The Kier molecular flexibility index (Phi) is 3.89. The first-order chi connectivity index (χ1) is 6.20. The van der Waals surface area contributed by atoms with Gasteiger partial charge in [0, 0.05) is 19.0 Å². The van der Waals surface area contributed by atoms with E-state index in [-0.39, 0.29) is 0 Å². The fourth-order valence-corrected chi connectivity index (χ4v) is 0.950. The Labute approximate surface area is 78.7 Å². The van der Waals surface area contributed by atoms with Gasteiger partial charge in [-0.15, -0.1) is 0 Å². The molecule has 0 aliphatic heterocycles. The molecule has 13 heavy (non-hydrogen) atoms. The van der Waals surface area contributed by atoms with Gasteiger partial charge in [-0.2, -0.15) is 4.98 Å². The lowest BCUT2D eigenvalue weighted by molar-refractivity contribution is 0.402. The SMILES string of the molecule is CC(C)C(C)NCCc1ncon1. The number of hydrogen-bond acceptors (Lipinski definition) is 4. The lowest BCUT2D eigenvalue weighted by Gasteiger charge is -2.16. The van der Waals surface area contributed by atoms with Gasteiger partial charge in [0.1, 0.15) is 0 Å². The maximum Gasteiger partial charge on any atom is 0.213 e. The molecule has 74 valence electrons. The van der Waals surface area contributed by atoms with Crippen molar-refractivity contribution in [2.45, 2.75) is 33.2 Å². The molecule has 0 radical (unpaired) electrons. The molecule has 1 aromatic rings. The zero-order chi connectivity index (χ0) is 9.68. The van der Waals surface area contributed by atoms with Crippen molar-refractivity contribution in [3.8, 4) is 0 Å². The Morgan fingerprint density at radius 2 is 2.23 bits per heavy atom. The van der Waals surface area contributed by atoms with Crippen LogP contribution in [-0.4, -0.2) is 22.7 Å². The Morgan fingerprint density at radius 3 is 2.77 bits per heavy atom. The summed E-state index contributed by atoms with van der Waals surface area (Å²) < 4.78 is 4.63. The van der Waals surface area contributed by atoms with Gasteiger partial charge >= 0.3 is 0 Å². The molecule has 0 bridgehead atoms. The van der Waals surface area contributed by atoms with Crippen molar-refractivity contribution in [1.82, 2.24) is 15.5 Å². The third-order valence-electron chi connectivity index (χ3n) is 2.22. The smallest absolute Gasteiger partial charge is 0.213 e. The molecule has 1 N–H and O–H groups in total. The number of nitrogens with one attached hydrogen (secondary N) is 1. The van der Waals surface area contributed by atoms with Gasteiger partial charge in [-0.05, 0) is 12.8 Å². The van der Waals surface area contributed by atoms with Crippen molar-refractivity contribution in [3.63, 3.8) is 0 Å². The molecule has 0 spiro atoms. The highest BCUT2D eigenvalue weighted by molar-refractivity contribution is 4.79. The van der Waals surface area contributed by atoms with E-state index in [1.807, 2.05) is 0 Å². The fourth-order valence-electron chi connectivity index (χ4n) is 0.950. The molecule has 1 aromatic heterocycles. The number of hydrogen-bond donors (Lipinski definition) is 1. The summed E-state index contributed by atoms with van der Waals surface area (Å²) in [7, 11) is 0. The molecule has 0 aromatic carbocycles. The van der Waals surface area contributed by atoms with E-state index in [0.29, 0.717) is 12.0 Å². The molecule has 0 saturated heterocycles. The first kappa shape index (κ1) is 10.2. The molecular weight excluding hydrogens is 166 g/mol. The Bertz CT molecular complexity index is 221. The normalized spacial score (nSPS) is 13.5. The van der Waals surface area contributed by atoms with Crippen LogP contribution < -0.4 is 5.32 Å². The van der Waals surface area contributed by atoms with Crippen LogP contribution in [0.25, 0.3) is 0 Å². The van der Waals surface area contributed by atoms with Crippen molar-refractivity contribution in [2.24, 2.45) is 5.92 Å². The lowest BCUT2D eigenvalue weighted by atomic mass is 10.1. The Morgan fingerprint density at radius 1 is 1.46 bits per heavy atom. The van der Waals surface area contributed by atoms with E-state index < -0.39 is 0 Å². The lowest BCUT2D eigenvalue weighted by Crippen LogP contribution is -2.32.